The molecule has 2 heterocycles. The van der Waals surface area contributed by atoms with E-state index in [9.17, 15) is 4.79 Å². The molecule has 2 fully saturated rings. The van der Waals surface area contributed by atoms with Gasteiger partial charge in [-0.15, -0.1) is 12.4 Å². The van der Waals surface area contributed by atoms with Crippen LogP contribution in [0, 0.1) is 11.8 Å². The zero-order valence-electron chi connectivity index (χ0n) is 12.6. The number of rotatable bonds is 1. The van der Waals surface area contributed by atoms with Gasteiger partial charge in [-0.05, 0) is 42.9 Å². The third-order valence-corrected chi connectivity index (χ3v) is 5.31. The first-order valence-electron chi connectivity index (χ1n) is 7.73. The highest BCUT2D eigenvalue weighted by molar-refractivity contribution is 6.31. The SMILES string of the molecule is Cl.NC1CCC2CN(C(=O)c3ccc4ccc(Cl)cc4n3)CC12. The Labute approximate surface area is 146 Å². The molecule has 1 aromatic heterocycles. The van der Waals surface area contributed by atoms with Crippen LogP contribution >= 0.6 is 24.0 Å². The van der Waals surface area contributed by atoms with Gasteiger partial charge in [-0.25, -0.2) is 4.98 Å². The summed E-state index contributed by atoms with van der Waals surface area (Å²) in [7, 11) is 0. The summed E-state index contributed by atoms with van der Waals surface area (Å²) in [5.74, 6) is 1.02. The zero-order chi connectivity index (χ0) is 15.3. The van der Waals surface area contributed by atoms with E-state index < -0.39 is 0 Å². The molecule has 6 heteroatoms. The molecule has 1 saturated carbocycles. The van der Waals surface area contributed by atoms with E-state index in [1.54, 1.807) is 12.1 Å². The van der Waals surface area contributed by atoms with Crippen LogP contribution in [0.5, 0.6) is 0 Å². The highest BCUT2D eigenvalue weighted by Crippen LogP contribution is 2.37. The van der Waals surface area contributed by atoms with Crippen LogP contribution in [0.15, 0.2) is 30.3 Å². The number of hydrogen-bond donors (Lipinski definition) is 1. The average Bonchev–Trinajstić information content (AvgIpc) is 3.08. The monoisotopic (exact) mass is 351 g/mol. The summed E-state index contributed by atoms with van der Waals surface area (Å²) < 4.78 is 0. The van der Waals surface area contributed by atoms with Crippen molar-refractivity contribution in [2.75, 3.05) is 13.1 Å². The van der Waals surface area contributed by atoms with Gasteiger partial charge in [0.05, 0.1) is 5.52 Å². The molecule has 2 N–H and O–H groups in total. The molecule has 4 rings (SSSR count). The number of halogens is 2. The molecule has 1 amide bonds. The number of nitrogens with two attached hydrogens (primary N) is 1. The quantitative estimate of drug-likeness (QED) is 0.858. The average molecular weight is 352 g/mol. The molecular weight excluding hydrogens is 333 g/mol. The van der Waals surface area contributed by atoms with Gasteiger partial charge in [0.2, 0.25) is 0 Å². The van der Waals surface area contributed by atoms with E-state index in [2.05, 4.69) is 4.98 Å². The van der Waals surface area contributed by atoms with Crippen molar-refractivity contribution < 1.29 is 4.79 Å². The minimum atomic E-state index is 0. The first-order chi connectivity index (χ1) is 10.6. The third kappa shape index (κ3) is 2.91. The maximum atomic E-state index is 12.7. The van der Waals surface area contributed by atoms with Crippen molar-refractivity contribution in [1.82, 2.24) is 9.88 Å². The molecule has 1 aliphatic carbocycles. The molecule has 122 valence electrons. The molecule has 3 atom stereocenters. The molecule has 2 aliphatic rings. The van der Waals surface area contributed by atoms with E-state index in [0.717, 1.165) is 36.8 Å². The smallest absolute Gasteiger partial charge is 0.272 e. The number of carbonyl (C=O) groups is 1. The summed E-state index contributed by atoms with van der Waals surface area (Å²) in [6.45, 7) is 1.58. The summed E-state index contributed by atoms with van der Waals surface area (Å²) in [5.41, 5.74) is 7.39. The minimum absolute atomic E-state index is 0. The normalized spacial score (nSPS) is 26.2. The Kier molecular flexibility index (Phi) is 4.50. The summed E-state index contributed by atoms with van der Waals surface area (Å²) in [5, 5.41) is 1.62. The van der Waals surface area contributed by atoms with E-state index in [0.29, 0.717) is 22.6 Å². The lowest BCUT2D eigenvalue weighted by Crippen LogP contribution is -2.33. The number of fused-ring (bicyclic) bond motifs is 2. The Morgan fingerprint density at radius 2 is 2.00 bits per heavy atom. The fourth-order valence-corrected chi connectivity index (χ4v) is 4.01. The molecule has 0 spiro atoms. The van der Waals surface area contributed by atoms with E-state index in [4.69, 9.17) is 17.3 Å². The van der Waals surface area contributed by atoms with Crippen molar-refractivity contribution in [3.63, 3.8) is 0 Å². The second-order valence-corrected chi connectivity index (χ2v) is 6.85. The lowest BCUT2D eigenvalue weighted by atomic mass is 9.98. The number of carbonyl (C=O) groups excluding carboxylic acids is 1. The summed E-state index contributed by atoms with van der Waals surface area (Å²) in [6, 6.07) is 9.50. The highest BCUT2D eigenvalue weighted by atomic mass is 35.5. The Hall–Kier alpha value is -1.36. The van der Waals surface area contributed by atoms with Crippen LogP contribution in [0.25, 0.3) is 10.9 Å². The van der Waals surface area contributed by atoms with Crippen molar-refractivity contribution in [2.45, 2.75) is 18.9 Å². The van der Waals surface area contributed by atoms with Gasteiger partial charge < -0.3 is 10.6 Å². The van der Waals surface area contributed by atoms with Crippen molar-refractivity contribution in [2.24, 2.45) is 17.6 Å². The Morgan fingerprint density at radius 1 is 1.22 bits per heavy atom. The Bertz CT molecular complexity index is 752. The predicted octanol–water partition coefficient (Wildman–Crippen LogP) is 3.12. The number of hydrogen-bond acceptors (Lipinski definition) is 3. The maximum absolute atomic E-state index is 12.7. The summed E-state index contributed by atoms with van der Waals surface area (Å²) in [6.07, 6.45) is 2.22. The topological polar surface area (TPSA) is 59.2 Å². The van der Waals surface area contributed by atoms with Gasteiger partial charge in [-0.1, -0.05) is 23.7 Å². The summed E-state index contributed by atoms with van der Waals surface area (Å²) >= 11 is 6.01. The maximum Gasteiger partial charge on any atom is 0.272 e. The fraction of sp³-hybridized carbons (Fsp3) is 0.412. The van der Waals surface area contributed by atoms with Crippen LogP contribution in [0.1, 0.15) is 23.3 Å². The van der Waals surface area contributed by atoms with Gasteiger partial charge in [0.15, 0.2) is 0 Å². The van der Waals surface area contributed by atoms with Crippen LogP contribution in [0.3, 0.4) is 0 Å². The molecule has 2 aromatic rings. The molecular formula is C17H19Cl2N3O. The van der Waals surface area contributed by atoms with Gasteiger partial charge in [0.25, 0.3) is 5.91 Å². The van der Waals surface area contributed by atoms with Crippen molar-refractivity contribution in [3.05, 3.63) is 41.0 Å². The first-order valence-corrected chi connectivity index (χ1v) is 8.11. The second-order valence-electron chi connectivity index (χ2n) is 6.41. The molecule has 1 aromatic carbocycles. The number of benzene rings is 1. The second kappa shape index (κ2) is 6.27. The van der Waals surface area contributed by atoms with Crippen molar-refractivity contribution >= 4 is 40.8 Å². The Morgan fingerprint density at radius 3 is 2.78 bits per heavy atom. The van der Waals surface area contributed by atoms with Gasteiger partial charge in [-0.2, -0.15) is 0 Å². The number of pyridine rings is 1. The van der Waals surface area contributed by atoms with E-state index in [1.165, 1.54) is 0 Å². The zero-order valence-corrected chi connectivity index (χ0v) is 14.2. The van der Waals surface area contributed by atoms with Crippen molar-refractivity contribution in [3.8, 4) is 0 Å². The molecule has 0 bridgehead atoms. The van der Waals surface area contributed by atoms with Crippen LogP contribution in [-0.4, -0.2) is 34.9 Å². The van der Waals surface area contributed by atoms with Crippen LogP contribution in [0.4, 0.5) is 0 Å². The number of amides is 1. The lowest BCUT2D eigenvalue weighted by Gasteiger charge is -2.18. The van der Waals surface area contributed by atoms with Gasteiger partial charge in [0.1, 0.15) is 5.69 Å². The van der Waals surface area contributed by atoms with Gasteiger partial charge in [-0.3, -0.25) is 4.79 Å². The largest absolute Gasteiger partial charge is 0.337 e. The van der Waals surface area contributed by atoms with Crippen molar-refractivity contribution in [1.29, 1.82) is 0 Å². The van der Waals surface area contributed by atoms with Crippen LogP contribution in [0.2, 0.25) is 5.02 Å². The highest BCUT2D eigenvalue weighted by Gasteiger charge is 2.42. The predicted molar refractivity (Wildman–Crippen MR) is 94.1 cm³/mol. The number of nitrogens with zero attached hydrogens (tertiary/aromatic N) is 2. The standard InChI is InChI=1S/C17H18ClN3O.ClH/c18-12-4-1-10-3-6-15(20-16(10)7-12)17(22)21-8-11-2-5-14(19)13(11)9-21;/h1,3-4,6-7,11,13-14H,2,5,8-9,19H2;1H. The molecule has 0 radical (unpaired) electrons. The van der Waals surface area contributed by atoms with Gasteiger partial charge in [0, 0.05) is 29.5 Å². The van der Waals surface area contributed by atoms with E-state index in [1.807, 2.05) is 23.1 Å². The number of likely N-dealkylation sites (tertiary alicyclic amines) is 1. The van der Waals surface area contributed by atoms with Gasteiger partial charge >= 0.3 is 0 Å². The minimum Gasteiger partial charge on any atom is -0.337 e. The van der Waals surface area contributed by atoms with Crippen LogP contribution < -0.4 is 5.73 Å². The van der Waals surface area contributed by atoms with Crippen LogP contribution in [-0.2, 0) is 0 Å². The Balaban J connectivity index is 0.00000156. The van der Waals surface area contributed by atoms with E-state index in [-0.39, 0.29) is 24.4 Å². The molecule has 4 nitrogen and oxygen atoms in total. The molecule has 1 saturated heterocycles. The molecule has 23 heavy (non-hydrogen) atoms. The summed E-state index contributed by atoms with van der Waals surface area (Å²) in [4.78, 5) is 19.1. The molecule has 1 aliphatic heterocycles. The lowest BCUT2D eigenvalue weighted by molar-refractivity contribution is 0.0774. The molecule has 3 unspecified atom stereocenters. The fourth-order valence-electron chi connectivity index (χ4n) is 3.84. The van der Waals surface area contributed by atoms with E-state index >= 15 is 0 Å². The third-order valence-electron chi connectivity index (χ3n) is 5.07. The number of aromatic nitrogens is 1. The first kappa shape index (κ1) is 16.5.